The van der Waals surface area contributed by atoms with Gasteiger partial charge in [0.15, 0.2) is 0 Å². The lowest BCUT2D eigenvalue weighted by atomic mass is 10.0. The first kappa shape index (κ1) is 11.8. The molecule has 0 atom stereocenters. The van der Waals surface area contributed by atoms with Gasteiger partial charge in [-0.3, -0.25) is 4.68 Å². The molecule has 1 rings (SSSR count). The third-order valence-electron chi connectivity index (χ3n) is 2.39. The normalized spacial score (nSPS) is 10.8. The van der Waals surface area contributed by atoms with E-state index in [0.717, 1.165) is 11.4 Å². The van der Waals surface area contributed by atoms with E-state index in [-0.39, 0.29) is 11.9 Å². The number of rotatable bonds is 3. The minimum absolute atomic E-state index is 0.226. The standard InChI is InChI=1S/C11H18N2O2/c1-6-15-11(14)9-8(4)13(5)12-10(9)7(2)3/h7H,6H2,1-5H3. The zero-order chi connectivity index (χ0) is 11.6. The molecule has 0 aromatic carbocycles. The molecule has 0 amide bonds. The highest BCUT2D eigenvalue weighted by molar-refractivity contribution is 5.92. The molecule has 0 bridgehead atoms. The molecule has 1 heterocycles. The lowest BCUT2D eigenvalue weighted by Crippen LogP contribution is -2.09. The molecule has 15 heavy (non-hydrogen) atoms. The molecule has 1 aromatic heterocycles. The average Bonchev–Trinajstić information content (AvgIpc) is 2.44. The number of carbonyl (C=O) groups is 1. The number of aromatic nitrogens is 2. The summed E-state index contributed by atoms with van der Waals surface area (Å²) in [7, 11) is 1.84. The van der Waals surface area contributed by atoms with E-state index in [0.29, 0.717) is 12.2 Å². The van der Waals surface area contributed by atoms with Crippen molar-refractivity contribution >= 4 is 5.97 Å². The van der Waals surface area contributed by atoms with E-state index in [1.54, 1.807) is 11.6 Å². The molecule has 0 unspecified atom stereocenters. The summed E-state index contributed by atoms with van der Waals surface area (Å²) in [4.78, 5) is 11.7. The molecule has 1 aromatic rings. The van der Waals surface area contributed by atoms with Gasteiger partial charge in [-0.25, -0.2) is 4.79 Å². The molecule has 0 saturated carbocycles. The lowest BCUT2D eigenvalue weighted by Gasteiger charge is -2.05. The number of nitrogens with zero attached hydrogens (tertiary/aromatic N) is 2. The fourth-order valence-electron chi connectivity index (χ4n) is 1.49. The van der Waals surface area contributed by atoms with Gasteiger partial charge in [0.05, 0.1) is 12.3 Å². The fourth-order valence-corrected chi connectivity index (χ4v) is 1.49. The van der Waals surface area contributed by atoms with Gasteiger partial charge in [-0.2, -0.15) is 5.10 Å². The van der Waals surface area contributed by atoms with Crippen molar-refractivity contribution in [1.82, 2.24) is 9.78 Å². The van der Waals surface area contributed by atoms with Crippen LogP contribution in [-0.4, -0.2) is 22.4 Å². The van der Waals surface area contributed by atoms with Crippen LogP contribution in [0.4, 0.5) is 0 Å². The van der Waals surface area contributed by atoms with Crippen LogP contribution in [0.25, 0.3) is 0 Å². The summed E-state index contributed by atoms with van der Waals surface area (Å²) in [6.45, 7) is 8.11. The van der Waals surface area contributed by atoms with E-state index in [1.165, 1.54) is 0 Å². The second-order valence-corrected chi connectivity index (χ2v) is 3.84. The number of ether oxygens (including phenoxy) is 1. The SMILES string of the molecule is CCOC(=O)c1c(C(C)C)nn(C)c1C. The van der Waals surface area contributed by atoms with Crippen LogP contribution in [0, 0.1) is 6.92 Å². The van der Waals surface area contributed by atoms with E-state index >= 15 is 0 Å². The highest BCUT2D eigenvalue weighted by atomic mass is 16.5. The fraction of sp³-hybridized carbons (Fsp3) is 0.636. The summed E-state index contributed by atoms with van der Waals surface area (Å²) in [6.07, 6.45) is 0. The van der Waals surface area contributed by atoms with Crippen LogP contribution in [0.2, 0.25) is 0 Å². The van der Waals surface area contributed by atoms with Gasteiger partial charge < -0.3 is 4.74 Å². The van der Waals surface area contributed by atoms with E-state index in [2.05, 4.69) is 5.10 Å². The Hall–Kier alpha value is -1.32. The Balaban J connectivity index is 3.19. The van der Waals surface area contributed by atoms with Gasteiger partial charge in [-0.05, 0) is 19.8 Å². The zero-order valence-corrected chi connectivity index (χ0v) is 10.00. The Morgan fingerprint density at radius 3 is 2.60 bits per heavy atom. The van der Waals surface area contributed by atoms with Gasteiger partial charge >= 0.3 is 5.97 Å². The molecule has 0 aliphatic rings. The summed E-state index contributed by atoms with van der Waals surface area (Å²) < 4.78 is 6.74. The number of esters is 1. The first-order chi connectivity index (χ1) is 6.99. The monoisotopic (exact) mass is 210 g/mol. The van der Waals surface area contributed by atoms with Gasteiger partial charge in [0.1, 0.15) is 5.56 Å². The van der Waals surface area contributed by atoms with E-state index in [9.17, 15) is 4.79 Å². The van der Waals surface area contributed by atoms with Crippen LogP contribution in [-0.2, 0) is 11.8 Å². The summed E-state index contributed by atoms with van der Waals surface area (Å²) >= 11 is 0. The van der Waals surface area contributed by atoms with Gasteiger partial charge in [-0.15, -0.1) is 0 Å². The van der Waals surface area contributed by atoms with E-state index < -0.39 is 0 Å². The minimum Gasteiger partial charge on any atom is -0.462 e. The maximum atomic E-state index is 11.7. The topological polar surface area (TPSA) is 44.1 Å². The summed E-state index contributed by atoms with van der Waals surface area (Å²) in [5, 5.41) is 4.33. The third-order valence-corrected chi connectivity index (χ3v) is 2.39. The Kier molecular flexibility index (Phi) is 3.50. The van der Waals surface area contributed by atoms with Crippen LogP contribution in [0.3, 0.4) is 0 Å². The largest absolute Gasteiger partial charge is 0.462 e. The zero-order valence-electron chi connectivity index (χ0n) is 10.00. The van der Waals surface area contributed by atoms with Gasteiger partial charge in [0, 0.05) is 12.7 Å². The highest BCUT2D eigenvalue weighted by Crippen LogP contribution is 2.21. The smallest absolute Gasteiger partial charge is 0.341 e. The highest BCUT2D eigenvalue weighted by Gasteiger charge is 2.22. The number of hydrogen-bond acceptors (Lipinski definition) is 3. The van der Waals surface area contributed by atoms with E-state index in [1.807, 2.05) is 27.8 Å². The first-order valence-corrected chi connectivity index (χ1v) is 5.19. The summed E-state index contributed by atoms with van der Waals surface area (Å²) in [5.41, 5.74) is 2.29. The molecular formula is C11H18N2O2. The quantitative estimate of drug-likeness (QED) is 0.717. The van der Waals surface area contributed by atoms with Crippen molar-refractivity contribution in [3.63, 3.8) is 0 Å². The Bertz CT molecular complexity index is 367. The number of hydrogen-bond donors (Lipinski definition) is 0. The second-order valence-electron chi connectivity index (χ2n) is 3.84. The molecular weight excluding hydrogens is 192 g/mol. The minimum atomic E-state index is -0.271. The van der Waals surface area contributed by atoms with Crippen LogP contribution in [0.1, 0.15) is 48.4 Å². The van der Waals surface area contributed by atoms with Gasteiger partial charge in [-0.1, -0.05) is 13.8 Å². The molecule has 84 valence electrons. The van der Waals surface area contributed by atoms with Crippen LogP contribution >= 0.6 is 0 Å². The number of aryl methyl sites for hydroxylation is 1. The third kappa shape index (κ3) is 2.19. The summed E-state index contributed by atoms with van der Waals surface area (Å²) in [5.74, 6) is -0.0453. The maximum Gasteiger partial charge on any atom is 0.341 e. The molecule has 0 aliphatic carbocycles. The van der Waals surface area contributed by atoms with Crippen molar-refractivity contribution in [3.8, 4) is 0 Å². The predicted molar refractivity (Wildman–Crippen MR) is 58.0 cm³/mol. The van der Waals surface area contributed by atoms with Gasteiger partial charge in [0.2, 0.25) is 0 Å². The van der Waals surface area contributed by atoms with Crippen molar-refractivity contribution in [2.45, 2.75) is 33.6 Å². The van der Waals surface area contributed by atoms with Crippen molar-refractivity contribution < 1.29 is 9.53 Å². The molecule has 0 N–H and O–H groups in total. The van der Waals surface area contributed by atoms with Crippen LogP contribution in [0.5, 0.6) is 0 Å². The van der Waals surface area contributed by atoms with Crippen LogP contribution in [0.15, 0.2) is 0 Å². The second kappa shape index (κ2) is 4.47. The van der Waals surface area contributed by atoms with Crippen molar-refractivity contribution in [2.24, 2.45) is 7.05 Å². The maximum absolute atomic E-state index is 11.7. The number of carbonyl (C=O) groups excluding carboxylic acids is 1. The molecule has 0 fully saturated rings. The Morgan fingerprint density at radius 1 is 1.53 bits per heavy atom. The molecule has 0 spiro atoms. The lowest BCUT2D eigenvalue weighted by molar-refractivity contribution is 0.0523. The molecule has 0 saturated heterocycles. The van der Waals surface area contributed by atoms with Crippen molar-refractivity contribution in [2.75, 3.05) is 6.61 Å². The molecule has 0 aliphatic heterocycles. The molecule has 0 radical (unpaired) electrons. The Morgan fingerprint density at radius 2 is 2.13 bits per heavy atom. The first-order valence-electron chi connectivity index (χ1n) is 5.19. The van der Waals surface area contributed by atoms with E-state index in [4.69, 9.17) is 4.74 Å². The average molecular weight is 210 g/mol. The summed E-state index contributed by atoms with van der Waals surface area (Å²) in [6, 6.07) is 0. The van der Waals surface area contributed by atoms with Crippen molar-refractivity contribution in [1.29, 1.82) is 0 Å². The molecule has 4 nitrogen and oxygen atoms in total. The van der Waals surface area contributed by atoms with Gasteiger partial charge in [0.25, 0.3) is 0 Å². The Labute approximate surface area is 90.2 Å². The predicted octanol–water partition coefficient (Wildman–Crippen LogP) is 2.03. The van der Waals surface area contributed by atoms with Crippen molar-refractivity contribution in [3.05, 3.63) is 17.0 Å². The van der Waals surface area contributed by atoms with Crippen LogP contribution < -0.4 is 0 Å². The molecule has 4 heteroatoms.